The fourth-order valence-corrected chi connectivity index (χ4v) is 5.43. The second-order valence-electron chi connectivity index (χ2n) is 10.9. The number of methoxy groups -OCH3 is 1. The van der Waals surface area contributed by atoms with E-state index >= 15 is 0 Å². The summed E-state index contributed by atoms with van der Waals surface area (Å²) in [6.45, 7) is 9.42. The number of H-pyrrole nitrogens is 1. The third kappa shape index (κ3) is 5.14. The summed E-state index contributed by atoms with van der Waals surface area (Å²) in [5, 5.41) is 8.14. The molecule has 194 valence electrons. The van der Waals surface area contributed by atoms with Crippen molar-refractivity contribution in [3.8, 4) is 17.0 Å². The van der Waals surface area contributed by atoms with Crippen molar-refractivity contribution in [3.63, 3.8) is 0 Å². The van der Waals surface area contributed by atoms with E-state index < -0.39 is 5.60 Å². The van der Waals surface area contributed by atoms with Gasteiger partial charge in [-0.25, -0.2) is 4.79 Å². The van der Waals surface area contributed by atoms with Crippen LogP contribution < -0.4 is 4.74 Å². The minimum atomic E-state index is -0.565. The van der Waals surface area contributed by atoms with Crippen LogP contribution >= 0.6 is 0 Å². The Balaban J connectivity index is 1.48. The molecule has 0 bridgehead atoms. The summed E-state index contributed by atoms with van der Waals surface area (Å²) in [6, 6.07) is 15.2. The van der Waals surface area contributed by atoms with Gasteiger partial charge in [0, 0.05) is 35.9 Å². The Hall–Kier alpha value is -3.58. The average molecular weight is 501 g/mol. The molecule has 0 saturated carbocycles. The van der Waals surface area contributed by atoms with Crippen LogP contribution in [0.4, 0.5) is 4.79 Å². The van der Waals surface area contributed by atoms with Gasteiger partial charge in [0.05, 0.1) is 18.3 Å². The first kappa shape index (κ1) is 25.1. The van der Waals surface area contributed by atoms with Gasteiger partial charge in [0.2, 0.25) is 0 Å². The van der Waals surface area contributed by atoms with Gasteiger partial charge in [0.1, 0.15) is 11.4 Å². The van der Waals surface area contributed by atoms with Crippen LogP contribution in [-0.2, 0) is 11.3 Å². The lowest BCUT2D eigenvalue weighted by molar-refractivity contribution is 0.0544. The summed E-state index contributed by atoms with van der Waals surface area (Å²) in [5.41, 5.74) is 5.87. The number of fused-ring (bicyclic) bond motifs is 1. The van der Waals surface area contributed by atoms with Crippen molar-refractivity contribution in [2.24, 2.45) is 0 Å². The lowest BCUT2D eigenvalue weighted by Gasteiger charge is -2.36. The number of aryl methyl sites for hydroxylation is 1. The quantitative estimate of drug-likeness (QED) is 0.324. The summed E-state index contributed by atoms with van der Waals surface area (Å²) < 4.78 is 13.2. The molecule has 1 aliphatic rings. The van der Waals surface area contributed by atoms with Crippen molar-refractivity contribution in [2.75, 3.05) is 13.7 Å². The lowest BCUT2D eigenvalue weighted by atomic mass is 9.93. The van der Waals surface area contributed by atoms with E-state index in [9.17, 15) is 4.79 Å². The van der Waals surface area contributed by atoms with Crippen LogP contribution in [0, 0.1) is 6.92 Å². The Morgan fingerprint density at radius 3 is 2.59 bits per heavy atom. The Bertz CT molecular complexity index is 1380. The molecule has 1 aliphatic heterocycles. The Kier molecular flexibility index (Phi) is 6.82. The molecule has 5 rings (SSSR count). The summed E-state index contributed by atoms with van der Waals surface area (Å²) in [6.07, 6.45) is 6.71. The largest absolute Gasteiger partial charge is 0.496 e. The second kappa shape index (κ2) is 10.1. The molecule has 0 radical (unpaired) electrons. The number of nitrogens with one attached hydrogen (secondary N) is 1. The zero-order valence-corrected chi connectivity index (χ0v) is 22.4. The van der Waals surface area contributed by atoms with Crippen molar-refractivity contribution >= 4 is 17.0 Å². The zero-order chi connectivity index (χ0) is 26.2. The zero-order valence-electron chi connectivity index (χ0n) is 22.4. The van der Waals surface area contributed by atoms with Crippen molar-refractivity contribution in [1.29, 1.82) is 0 Å². The van der Waals surface area contributed by atoms with E-state index in [1.165, 1.54) is 18.4 Å². The Labute approximate surface area is 218 Å². The topological polar surface area (TPSA) is 72.4 Å². The van der Waals surface area contributed by atoms with Gasteiger partial charge in [-0.3, -0.25) is 14.6 Å². The van der Waals surface area contributed by atoms with Crippen molar-refractivity contribution in [3.05, 3.63) is 71.5 Å². The molecular weight excluding hydrogens is 464 g/mol. The number of rotatable bonds is 5. The van der Waals surface area contributed by atoms with Gasteiger partial charge in [-0.05, 0) is 82.0 Å². The number of likely N-dealkylation sites (tertiary alicyclic amines) is 1. The lowest BCUT2D eigenvalue weighted by Crippen LogP contribution is -2.33. The number of hydrogen-bond donors (Lipinski definition) is 1. The average Bonchev–Trinajstić information content (AvgIpc) is 3.56. The van der Waals surface area contributed by atoms with Gasteiger partial charge in [-0.15, -0.1) is 0 Å². The maximum atomic E-state index is 13.0. The number of hydrogen-bond acceptors (Lipinski definition) is 5. The molecule has 1 unspecified atom stereocenters. The van der Waals surface area contributed by atoms with E-state index in [0.717, 1.165) is 58.5 Å². The van der Waals surface area contributed by atoms with Crippen LogP contribution in [0.15, 0.2) is 54.9 Å². The molecule has 1 N–H and O–H groups in total. The first-order chi connectivity index (χ1) is 17.7. The molecule has 7 nitrogen and oxygen atoms in total. The smallest absolute Gasteiger partial charge is 0.419 e. The van der Waals surface area contributed by atoms with Crippen LogP contribution in [0.5, 0.6) is 5.75 Å². The van der Waals surface area contributed by atoms with Crippen LogP contribution in [0.2, 0.25) is 0 Å². The molecule has 2 aromatic heterocycles. The number of nitrogens with zero attached hydrogens (tertiary/aromatic N) is 3. The SMILES string of the molecule is COc1cc(C)c2c(ccn2C(=O)OC(C)(C)C)c1CN1CCCCC1c1ccc(-c2ccn[nH]2)cc1. The second-order valence-corrected chi connectivity index (χ2v) is 10.9. The van der Waals surface area contributed by atoms with Crippen molar-refractivity contribution in [2.45, 2.75) is 65.1 Å². The number of aromatic amines is 1. The van der Waals surface area contributed by atoms with Crippen molar-refractivity contribution in [1.82, 2.24) is 19.7 Å². The molecule has 1 atom stereocenters. The van der Waals surface area contributed by atoms with Crippen LogP contribution in [0.25, 0.3) is 22.2 Å². The van der Waals surface area contributed by atoms with Crippen LogP contribution in [0.3, 0.4) is 0 Å². The minimum Gasteiger partial charge on any atom is -0.496 e. The maximum Gasteiger partial charge on any atom is 0.419 e. The van der Waals surface area contributed by atoms with Gasteiger partial charge in [0.25, 0.3) is 0 Å². The number of ether oxygens (including phenoxy) is 2. The highest BCUT2D eigenvalue weighted by Crippen LogP contribution is 2.38. The predicted octanol–water partition coefficient (Wildman–Crippen LogP) is 6.86. The van der Waals surface area contributed by atoms with Gasteiger partial charge in [0.15, 0.2) is 0 Å². The van der Waals surface area contributed by atoms with E-state index in [1.54, 1.807) is 17.9 Å². The summed E-state index contributed by atoms with van der Waals surface area (Å²) in [4.78, 5) is 15.5. The molecule has 2 aromatic carbocycles. The predicted molar refractivity (Wildman–Crippen MR) is 146 cm³/mol. The van der Waals surface area contributed by atoms with Crippen molar-refractivity contribution < 1.29 is 14.3 Å². The standard InChI is InChI=1S/C30H36N4O3/c1-20-18-27(36-5)24(23-14-17-34(28(20)23)29(35)37-30(2,3)4)19-33-16-7-6-8-26(33)22-11-9-21(10-12-22)25-13-15-31-32-25/h9-15,17-18,26H,6-8,16,19H2,1-5H3,(H,31,32). The van der Waals surface area contributed by atoms with Gasteiger partial charge in [-0.1, -0.05) is 30.7 Å². The normalized spacial score (nSPS) is 16.7. The first-order valence-corrected chi connectivity index (χ1v) is 13.0. The highest BCUT2D eigenvalue weighted by molar-refractivity contribution is 5.95. The number of piperidine rings is 1. The van der Waals surface area contributed by atoms with Crippen LogP contribution in [0.1, 0.15) is 62.8 Å². The first-order valence-electron chi connectivity index (χ1n) is 13.0. The highest BCUT2D eigenvalue weighted by atomic mass is 16.6. The monoisotopic (exact) mass is 500 g/mol. The molecule has 4 aromatic rings. The molecule has 37 heavy (non-hydrogen) atoms. The highest BCUT2D eigenvalue weighted by Gasteiger charge is 2.27. The fraction of sp³-hybridized carbons (Fsp3) is 0.400. The van der Waals surface area contributed by atoms with E-state index in [0.29, 0.717) is 6.04 Å². The number of benzene rings is 2. The van der Waals surface area contributed by atoms with Gasteiger partial charge < -0.3 is 9.47 Å². The summed E-state index contributed by atoms with van der Waals surface area (Å²) in [7, 11) is 1.72. The molecule has 3 heterocycles. The third-order valence-corrected chi connectivity index (χ3v) is 7.12. The third-order valence-electron chi connectivity index (χ3n) is 7.12. The van der Waals surface area contributed by atoms with Gasteiger partial charge in [-0.2, -0.15) is 5.10 Å². The fourth-order valence-electron chi connectivity index (χ4n) is 5.43. The number of carbonyl (C=O) groups excluding carboxylic acids is 1. The number of aromatic nitrogens is 3. The maximum absolute atomic E-state index is 13.0. The van der Waals surface area contributed by atoms with E-state index in [2.05, 4.69) is 39.4 Å². The molecule has 1 saturated heterocycles. The molecule has 1 fully saturated rings. The van der Waals surface area contributed by atoms with E-state index in [1.807, 2.05) is 52.1 Å². The summed E-state index contributed by atoms with van der Waals surface area (Å²) in [5.74, 6) is 0.853. The van der Waals surface area contributed by atoms with E-state index in [4.69, 9.17) is 9.47 Å². The Morgan fingerprint density at radius 1 is 1.14 bits per heavy atom. The van der Waals surface area contributed by atoms with Gasteiger partial charge >= 0.3 is 6.09 Å². The molecule has 7 heteroatoms. The van der Waals surface area contributed by atoms with Crippen LogP contribution in [-0.4, -0.2) is 45.0 Å². The molecule has 0 amide bonds. The Morgan fingerprint density at radius 2 is 1.92 bits per heavy atom. The van der Waals surface area contributed by atoms with E-state index in [-0.39, 0.29) is 6.09 Å². The molecular formula is C30H36N4O3. The minimum absolute atomic E-state index is 0.318. The summed E-state index contributed by atoms with van der Waals surface area (Å²) >= 11 is 0. The molecule has 0 aliphatic carbocycles. The number of carbonyl (C=O) groups is 1. The molecule has 0 spiro atoms.